The summed E-state index contributed by atoms with van der Waals surface area (Å²) in [4.78, 5) is 11.6. The summed E-state index contributed by atoms with van der Waals surface area (Å²) in [5.74, 6) is -0.0765. The molecule has 0 rings (SSSR count). The van der Waals surface area contributed by atoms with Gasteiger partial charge in [0.1, 0.15) is 6.61 Å². The number of carbonyl (C=O) groups excluding carboxylic acids is 1. The third-order valence-electron chi connectivity index (χ3n) is 4.60. The van der Waals surface area contributed by atoms with Gasteiger partial charge in [-0.15, -0.1) is 0 Å². The molecule has 0 bridgehead atoms. The molecular formula is C18H38O3Si. The Balaban J connectivity index is 3.55. The van der Waals surface area contributed by atoms with E-state index in [4.69, 9.17) is 9.16 Å². The Morgan fingerprint density at radius 1 is 0.909 bits per heavy atom. The maximum absolute atomic E-state index is 11.6. The van der Waals surface area contributed by atoms with Crippen molar-refractivity contribution >= 4 is 14.3 Å². The predicted molar refractivity (Wildman–Crippen MR) is 96.7 cm³/mol. The summed E-state index contributed by atoms with van der Waals surface area (Å²) in [6, 6.07) is 0. The van der Waals surface area contributed by atoms with Crippen molar-refractivity contribution in [3.63, 3.8) is 0 Å². The smallest absolute Gasteiger partial charge is 0.305 e. The molecule has 0 saturated heterocycles. The zero-order valence-electron chi connectivity index (χ0n) is 15.8. The minimum atomic E-state index is -1.72. The van der Waals surface area contributed by atoms with Crippen molar-refractivity contribution in [1.29, 1.82) is 0 Å². The molecule has 0 aromatic rings. The fourth-order valence-corrected chi connectivity index (χ4v) is 2.99. The number of rotatable bonds is 12. The van der Waals surface area contributed by atoms with Crippen LogP contribution in [0.15, 0.2) is 0 Å². The van der Waals surface area contributed by atoms with Gasteiger partial charge in [0.2, 0.25) is 0 Å². The highest BCUT2D eigenvalue weighted by Gasteiger charge is 2.36. The van der Waals surface area contributed by atoms with Gasteiger partial charge in [-0.3, -0.25) is 4.79 Å². The summed E-state index contributed by atoms with van der Waals surface area (Å²) in [7, 11) is -1.72. The van der Waals surface area contributed by atoms with E-state index in [0.717, 1.165) is 12.8 Å². The van der Waals surface area contributed by atoms with Crippen LogP contribution in [-0.4, -0.2) is 27.5 Å². The minimum absolute atomic E-state index is 0.0765. The first kappa shape index (κ1) is 21.6. The van der Waals surface area contributed by atoms with Gasteiger partial charge in [0.15, 0.2) is 8.32 Å². The van der Waals surface area contributed by atoms with Crippen LogP contribution in [0.4, 0.5) is 0 Å². The molecule has 0 saturated carbocycles. The van der Waals surface area contributed by atoms with E-state index in [1.807, 2.05) is 0 Å². The van der Waals surface area contributed by atoms with Crippen LogP contribution in [0.3, 0.4) is 0 Å². The van der Waals surface area contributed by atoms with Gasteiger partial charge in [-0.2, -0.15) is 0 Å². The summed E-state index contributed by atoms with van der Waals surface area (Å²) < 4.78 is 11.2. The van der Waals surface area contributed by atoms with Crippen molar-refractivity contribution in [3.8, 4) is 0 Å². The van der Waals surface area contributed by atoms with Gasteiger partial charge in [-0.1, -0.05) is 66.2 Å². The average molecular weight is 331 g/mol. The Morgan fingerprint density at radius 2 is 1.45 bits per heavy atom. The lowest BCUT2D eigenvalue weighted by atomic mass is 10.1. The molecule has 3 nitrogen and oxygen atoms in total. The Bertz CT molecular complexity index is 295. The molecule has 0 radical (unpaired) electrons. The Morgan fingerprint density at radius 3 is 2.00 bits per heavy atom. The van der Waals surface area contributed by atoms with E-state index in [-0.39, 0.29) is 11.0 Å². The average Bonchev–Trinajstić information content (AvgIpc) is 2.41. The SMILES string of the molecule is CCCCCCCCCC(=O)OCCO[Si](C)(C)C(C)(C)C. The quantitative estimate of drug-likeness (QED) is 0.262. The lowest BCUT2D eigenvalue weighted by Crippen LogP contribution is -2.41. The molecule has 0 fully saturated rings. The molecule has 0 aliphatic carbocycles. The molecule has 0 aliphatic rings. The number of esters is 1. The second-order valence-corrected chi connectivity index (χ2v) is 12.5. The van der Waals surface area contributed by atoms with Crippen LogP contribution in [0.2, 0.25) is 18.1 Å². The van der Waals surface area contributed by atoms with Crippen LogP contribution in [0.5, 0.6) is 0 Å². The van der Waals surface area contributed by atoms with E-state index < -0.39 is 8.32 Å². The summed E-state index contributed by atoms with van der Waals surface area (Å²) in [5, 5.41) is 0.203. The van der Waals surface area contributed by atoms with Crippen LogP contribution >= 0.6 is 0 Å². The maximum Gasteiger partial charge on any atom is 0.305 e. The van der Waals surface area contributed by atoms with Crippen LogP contribution in [-0.2, 0) is 14.0 Å². The molecule has 22 heavy (non-hydrogen) atoms. The van der Waals surface area contributed by atoms with Gasteiger partial charge < -0.3 is 9.16 Å². The monoisotopic (exact) mass is 330 g/mol. The van der Waals surface area contributed by atoms with Gasteiger partial charge >= 0.3 is 5.97 Å². The molecule has 132 valence electrons. The van der Waals surface area contributed by atoms with E-state index in [0.29, 0.717) is 19.6 Å². The molecule has 0 N–H and O–H groups in total. The molecule has 0 aliphatic heterocycles. The predicted octanol–water partition coefficient (Wildman–Crippen LogP) is 5.69. The second kappa shape index (κ2) is 11.2. The van der Waals surface area contributed by atoms with Crippen LogP contribution in [0.1, 0.15) is 79.1 Å². The first-order chi connectivity index (χ1) is 10.2. The third kappa shape index (κ3) is 10.4. The van der Waals surface area contributed by atoms with Crippen molar-refractivity contribution in [2.45, 2.75) is 97.2 Å². The van der Waals surface area contributed by atoms with Crippen LogP contribution < -0.4 is 0 Å². The highest BCUT2D eigenvalue weighted by atomic mass is 28.4. The maximum atomic E-state index is 11.6. The highest BCUT2D eigenvalue weighted by molar-refractivity contribution is 6.74. The summed E-state index contributed by atoms with van der Waals surface area (Å²) >= 11 is 0. The molecule has 0 atom stereocenters. The van der Waals surface area contributed by atoms with Crippen molar-refractivity contribution < 1.29 is 14.0 Å². The zero-order valence-corrected chi connectivity index (χ0v) is 16.8. The first-order valence-electron chi connectivity index (χ1n) is 9.00. The molecule has 0 amide bonds. The number of ether oxygens (including phenoxy) is 1. The van der Waals surface area contributed by atoms with Gasteiger partial charge in [-0.05, 0) is 24.6 Å². The summed E-state index contributed by atoms with van der Waals surface area (Å²) in [6.07, 6.45) is 9.11. The van der Waals surface area contributed by atoms with Gasteiger partial charge in [0.25, 0.3) is 0 Å². The lowest BCUT2D eigenvalue weighted by Gasteiger charge is -2.36. The Hall–Kier alpha value is -0.353. The van der Waals surface area contributed by atoms with E-state index in [9.17, 15) is 4.79 Å². The van der Waals surface area contributed by atoms with Gasteiger partial charge in [0.05, 0.1) is 6.61 Å². The zero-order chi connectivity index (χ0) is 17.1. The number of hydrogen-bond donors (Lipinski definition) is 0. The fourth-order valence-electron chi connectivity index (χ4n) is 1.97. The fraction of sp³-hybridized carbons (Fsp3) is 0.944. The topological polar surface area (TPSA) is 35.5 Å². The molecule has 4 heteroatoms. The van der Waals surface area contributed by atoms with E-state index in [1.54, 1.807) is 0 Å². The number of unbranched alkanes of at least 4 members (excludes halogenated alkanes) is 6. The van der Waals surface area contributed by atoms with E-state index in [1.165, 1.54) is 32.1 Å². The van der Waals surface area contributed by atoms with E-state index in [2.05, 4.69) is 40.8 Å². The first-order valence-corrected chi connectivity index (χ1v) is 11.9. The molecular weight excluding hydrogens is 292 g/mol. The van der Waals surface area contributed by atoms with Crippen molar-refractivity contribution in [3.05, 3.63) is 0 Å². The molecule has 0 aromatic heterocycles. The molecule has 0 unspecified atom stereocenters. The van der Waals surface area contributed by atoms with Crippen LogP contribution in [0.25, 0.3) is 0 Å². The van der Waals surface area contributed by atoms with Crippen molar-refractivity contribution in [2.75, 3.05) is 13.2 Å². The van der Waals surface area contributed by atoms with Crippen molar-refractivity contribution in [1.82, 2.24) is 0 Å². The minimum Gasteiger partial charge on any atom is -0.463 e. The van der Waals surface area contributed by atoms with E-state index >= 15 is 0 Å². The highest BCUT2D eigenvalue weighted by Crippen LogP contribution is 2.36. The largest absolute Gasteiger partial charge is 0.463 e. The molecule has 0 heterocycles. The Labute approximate surface area is 139 Å². The second-order valence-electron chi connectivity index (χ2n) is 7.70. The normalized spacial score (nSPS) is 12.5. The lowest BCUT2D eigenvalue weighted by molar-refractivity contribution is -0.144. The Kier molecular flexibility index (Phi) is 11.0. The molecule has 0 spiro atoms. The van der Waals surface area contributed by atoms with Crippen LogP contribution in [0, 0.1) is 0 Å². The summed E-state index contributed by atoms with van der Waals surface area (Å²) in [5.41, 5.74) is 0. The van der Waals surface area contributed by atoms with Crippen molar-refractivity contribution in [2.24, 2.45) is 0 Å². The summed E-state index contributed by atoms with van der Waals surface area (Å²) in [6.45, 7) is 14.2. The molecule has 0 aromatic carbocycles. The van der Waals surface area contributed by atoms with Gasteiger partial charge in [0, 0.05) is 6.42 Å². The van der Waals surface area contributed by atoms with Gasteiger partial charge in [-0.25, -0.2) is 0 Å². The third-order valence-corrected chi connectivity index (χ3v) is 9.14. The number of carbonyl (C=O) groups is 1. The number of hydrogen-bond acceptors (Lipinski definition) is 3. The standard InChI is InChI=1S/C18H38O3Si/c1-7-8-9-10-11-12-13-14-17(19)20-15-16-21-22(5,6)18(2,3)4/h7-16H2,1-6H3.